The molecule has 1 aliphatic carbocycles. The van der Waals surface area contributed by atoms with Gasteiger partial charge in [0.25, 0.3) is 0 Å². The van der Waals surface area contributed by atoms with Crippen LogP contribution in [0.15, 0.2) is 28.2 Å². The lowest BCUT2D eigenvalue weighted by Crippen LogP contribution is -2.58. The van der Waals surface area contributed by atoms with E-state index in [1.165, 1.54) is 6.42 Å². The summed E-state index contributed by atoms with van der Waals surface area (Å²) in [5, 5.41) is 0.740. The zero-order chi connectivity index (χ0) is 19.7. The molecule has 8 heteroatoms. The second-order valence-corrected chi connectivity index (χ2v) is 8.25. The van der Waals surface area contributed by atoms with Gasteiger partial charge in [-0.2, -0.15) is 4.99 Å². The molecule has 0 aromatic heterocycles. The highest BCUT2D eigenvalue weighted by Gasteiger charge is 2.44. The first-order chi connectivity index (χ1) is 13.5. The van der Waals surface area contributed by atoms with Crippen molar-refractivity contribution in [1.82, 2.24) is 4.90 Å². The minimum Gasteiger partial charge on any atom is -0.369 e. The highest BCUT2D eigenvalue weighted by Crippen LogP contribution is 2.45. The summed E-state index contributed by atoms with van der Waals surface area (Å²) in [5.74, 6) is 0.681. The minimum atomic E-state index is -0.459. The Morgan fingerprint density at radius 1 is 1.07 bits per heavy atom. The van der Waals surface area contributed by atoms with Gasteiger partial charge < -0.3 is 21.3 Å². The monoisotopic (exact) mass is 403 g/mol. The van der Waals surface area contributed by atoms with Gasteiger partial charge >= 0.3 is 0 Å². The SMILES string of the molecule is CCN1CCN(c2c(Cl)cccc2N2C(N)=NC(N)=NC23CCCCC3)CC1. The van der Waals surface area contributed by atoms with Gasteiger partial charge in [-0.15, -0.1) is 0 Å². The largest absolute Gasteiger partial charge is 0.369 e. The van der Waals surface area contributed by atoms with Crippen LogP contribution in [0.25, 0.3) is 0 Å². The number of halogens is 1. The number of hydrogen-bond donors (Lipinski definition) is 2. The number of nitrogens with zero attached hydrogens (tertiary/aromatic N) is 5. The molecule has 2 aliphatic heterocycles. The van der Waals surface area contributed by atoms with Crippen LogP contribution in [0.5, 0.6) is 0 Å². The molecule has 152 valence electrons. The normalized spacial score (nSPS) is 22.9. The number of likely N-dealkylation sites (N-methyl/N-ethyl adjacent to an activating group) is 1. The van der Waals surface area contributed by atoms with E-state index in [2.05, 4.69) is 32.7 Å². The van der Waals surface area contributed by atoms with Crippen LogP contribution in [0.3, 0.4) is 0 Å². The lowest BCUT2D eigenvalue weighted by Gasteiger charge is -2.47. The third kappa shape index (κ3) is 3.42. The number of aliphatic imine (C=N–C) groups is 2. The molecule has 4 rings (SSSR count). The van der Waals surface area contributed by atoms with E-state index < -0.39 is 5.66 Å². The van der Waals surface area contributed by atoms with Crippen LogP contribution in [0.1, 0.15) is 39.0 Å². The van der Waals surface area contributed by atoms with Crippen molar-refractivity contribution < 1.29 is 0 Å². The lowest BCUT2D eigenvalue weighted by atomic mass is 9.87. The fourth-order valence-corrected chi connectivity index (χ4v) is 5.04. The van der Waals surface area contributed by atoms with E-state index in [1.54, 1.807) is 0 Å². The Kier molecular flexibility index (Phi) is 5.38. The minimum absolute atomic E-state index is 0.274. The Balaban J connectivity index is 1.76. The van der Waals surface area contributed by atoms with Crippen LogP contribution in [0, 0.1) is 0 Å². The van der Waals surface area contributed by atoms with Crippen molar-refractivity contribution in [2.45, 2.75) is 44.7 Å². The van der Waals surface area contributed by atoms with Crippen LogP contribution < -0.4 is 21.3 Å². The predicted molar refractivity (Wildman–Crippen MR) is 117 cm³/mol. The van der Waals surface area contributed by atoms with Crippen molar-refractivity contribution in [3.63, 3.8) is 0 Å². The van der Waals surface area contributed by atoms with Crippen LogP contribution >= 0.6 is 11.6 Å². The second-order valence-electron chi connectivity index (χ2n) is 7.85. The fraction of sp³-hybridized carbons (Fsp3) is 0.600. The van der Waals surface area contributed by atoms with Crippen molar-refractivity contribution in [1.29, 1.82) is 0 Å². The summed E-state index contributed by atoms with van der Waals surface area (Å²) in [7, 11) is 0. The van der Waals surface area contributed by atoms with Gasteiger partial charge in [-0.1, -0.05) is 31.0 Å². The van der Waals surface area contributed by atoms with Gasteiger partial charge in [-0.3, -0.25) is 4.90 Å². The first-order valence-electron chi connectivity index (χ1n) is 10.3. The van der Waals surface area contributed by atoms with Gasteiger partial charge in [0.2, 0.25) is 11.9 Å². The Bertz CT molecular complexity index is 777. The molecule has 1 saturated carbocycles. The molecule has 1 saturated heterocycles. The third-order valence-corrected chi connectivity index (χ3v) is 6.50. The molecule has 0 amide bonds. The molecule has 1 spiro atoms. The number of nitrogens with two attached hydrogens (primary N) is 2. The standard InChI is InChI=1S/C20H30ClN7/c1-2-26-11-13-27(14-12-26)17-15(21)7-6-8-16(17)28-19(23)24-18(22)25-20(28)9-4-3-5-10-20/h6-8H,2-5,9-14H2,1H3,(H4,22,23,24,25). The smallest absolute Gasteiger partial charge is 0.220 e. The summed E-state index contributed by atoms with van der Waals surface area (Å²) in [4.78, 5) is 16.0. The maximum Gasteiger partial charge on any atom is 0.220 e. The molecular weight excluding hydrogens is 374 g/mol. The molecule has 4 N–H and O–H groups in total. The van der Waals surface area contributed by atoms with Gasteiger partial charge in [0.05, 0.1) is 16.4 Å². The molecular formula is C20H30ClN7. The van der Waals surface area contributed by atoms with Crippen LogP contribution in [0.4, 0.5) is 11.4 Å². The summed E-state index contributed by atoms with van der Waals surface area (Å²) in [6, 6.07) is 6.02. The molecule has 1 aromatic rings. The molecule has 0 radical (unpaired) electrons. The molecule has 0 bridgehead atoms. The van der Waals surface area contributed by atoms with Crippen molar-refractivity contribution in [3.05, 3.63) is 23.2 Å². The Labute approximate surface area is 172 Å². The van der Waals surface area contributed by atoms with Gasteiger partial charge in [-0.25, -0.2) is 4.99 Å². The van der Waals surface area contributed by atoms with Gasteiger partial charge in [0.1, 0.15) is 5.66 Å². The van der Waals surface area contributed by atoms with Gasteiger partial charge in [0, 0.05) is 26.2 Å². The summed E-state index contributed by atoms with van der Waals surface area (Å²) in [6.45, 7) is 7.21. The highest BCUT2D eigenvalue weighted by atomic mass is 35.5. The van der Waals surface area contributed by atoms with E-state index in [4.69, 9.17) is 28.1 Å². The molecule has 0 unspecified atom stereocenters. The predicted octanol–water partition coefficient (Wildman–Crippen LogP) is 2.59. The molecule has 3 aliphatic rings. The number of piperazine rings is 1. The van der Waals surface area contributed by atoms with Crippen molar-refractivity contribution in [3.8, 4) is 0 Å². The number of benzene rings is 1. The molecule has 0 atom stereocenters. The van der Waals surface area contributed by atoms with Crippen molar-refractivity contribution >= 4 is 34.9 Å². The van der Waals surface area contributed by atoms with Crippen LogP contribution in [-0.2, 0) is 0 Å². The van der Waals surface area contributed by atoms with Crippen LogP contribution in [-0.4, -0.2) is 55.2 Å². The third-order valence-electron chi connectivity index (χ3n) is 6.19. The highest BCUT2D eigenvalue weighted by molar-refractivity contribution is 6.34. The van der Waals surface area contributed by atoms with E-state index in [-0.39, 0.29) is 5.96 Å². The summed E-state index contributed by atoms with van der Waals surface area (Å²) < 4.78 is 0. The number of guanidine groups is 2. The molecule has 2 heterocycles. The van der Waals surface area contributed by atoms with Gasteiger partial charge in [0.15, 0.2) is 0 Å². The maximum atomic E-state index is 6.73. The maximum absolute atomic E-state index is 6.73. The Morgan fingerprint density at radius 2 is 1.79 bits per heavy atom. The average molecular weight is 404 g/mol. The summed E-state index contributed by atoms with van der Waals surface area (Å²) >= 11 is 6.73. The van der Waals surface area contributed by atoms with Crippen molar-refractivity contribution in [2.75, 3.05) is 42.5 Å². The fourth-order valence-electron chi connectivity index (χ4n) is 4.75. The number of rotatable bonds is 3. The van der Waals surface area contributed by atoms with Crippen molar-refractivity contribution in [2.24, 2.45) is 21.5 Å². The Morgan fingerprint density at radius 3 is 2.46 bits per heavy atom. The Hall–Kier alpha value is -1.99. The van der Waals surface area contributed by atoms with E-state index in [1.807, 2.05) is 12.1 Å². The second kappa shape index (κ2) is 7.79. The first-order valence-corrected chi connectivity index (χ1v) is 10.7. The van der Waals surface area contributed by atoms with Gasteiger partial charge in [-0.05, 0) is 44.4 Å². The number of para-hydroxylation sites is 1. The van der Waals surface area contributed by atoms with E-state index in [9.17, 15) is 0 Å². The zero-order valence-corrected chi connectivity index (χ0v) is 17.3. The molecule has 28 heavy (non-hydrogen) atoms. The van der Waals surface area contributed by atoms with E-state index in [0.29, 0.717) is 5.96 Å². The number of anilines is 2. The van der Waals surface area contributed by atoms with Crippen LogP contribution in [0.2, 0.25) is 5.02 Å². The zero-order valence-electron chi connectivity index (χ0n) is 16.6. The van der Waals surface area contributed by atoms with E-state index >= 15 is 0 Å². The summed E-state index contributed by atoms with van der Waals surface area (Å²) in [6.07, 6.45) is 5.25. The lowest BCUT2D eigenvalue weighted by molar-refractivity contribution is 0.271. The first kappa shape index (κ1) is 19.3. The molecule has 7 nitrogen and oxygen atoms in total. The summed E-state index contributed by atoms with van der Waals surface area (Å²) in [5.41, 5.74) is 14.0. The number of hydrogen-bond acceptors (Lipinski definition) is 7. The van der Waals surface area contributed by atoms with E-state index in [0.717, 1.165) is 74.8 Å². The average Bonchev–Trinajstić information content (AvgIpc) is 2.68. The topological polar surface area (TPSA) is 86.5 Å². The molecule has 1 aromatic carbocycles. The quantitative estimate of drug-likeness (QED) is 0.810. The molecule has 2 fully saturated rings.